The van der Waals surface area contributed by atoms with Crippen LogP contribution >= 0.6 is 0 Å². The van der Waals surface area contributed by atoms with Gasteiger partial charge in [0.2, 0.25) is 0 Å². The van der Waals surface area contributed by atoms with Gasteiger partial charge in [-0.25, -0.2) is 0 Å². The molecule has 0 unspecified atom stereocenters. The number of hydrogen-bond donors (Lipinski definition) is 0. The van der Waals surface area contributed by atoms with Gasteiger partial charge in [0.15, 0.2) is 0 Å². The zero-order chi connectivity index (χ0) is 18.6. The van der Waals surface area contributed by atoms with Gasteiger partial charge in [-0.2, -0.15) is 0 Å². The third-order valence-corrected chi connectivity index (χ3v) is 5.10. The molecule has 1 fully saturated rings. The third-order valence-electron chi connectivity index (χ3n) is 5.10. The van der Waals surface area contributed by atoms with Crippen LogP contribution in [0, 0.1) is 0 Å². The minimum atomic E-state index is -0.237. The van der Waals surface area contributed by atoms with Gasteiger partial charge in [-0.1, -0.05) is 6.07 Å². The summed E-state index contributed by atoms with van der Waals surface area (Å²) in [7, 11) is 0. The van der Waals surface area contributed by atoms with Gasteiger partial charge in [-0.05, 0) is 67.9 Å². The number of benzene rings is 2. The molecule has 0 spiro atoms. The van der Waals surface area contributed by atoms with Crippen molar-refractivity contribution in [2.75, 3.05) is 32.8 Å². The number of hydrogen-bond acceptors (Lipinski definition) is 5. The average Bonchev–Trinajstić information content (AvgIpc) is 3.31. The van der Waals surface area contributed by atoms with Gasteiger partial charge in [0.1, 0.15) is 17.9 Å². The Hall–Kier alpha value is -2.53. The van der Waals surface area contributed by atoms with E-state index in [1.807, 2.05) is 25.1 Å². The number of carbonyl (C=O) groups excluding carboxylic acids is 1. The Morgan fingerprint density at radius 1 is 1.15 bits per heavy atom. The first kappa shape index (κ1) is 17.9. The molecule has 0 bridgehead atoms. The Bertz CT molecular complexity index is 940. The summed E-state index contributed by atoms with van der Waals surface area (Å²) in [6.45, 7) is 6.24. The second kappa shape index (κ2) is 8.01. The van der Waals surface area contributed by atoms with Crippen molar-refractivity contribution in [3.63, 3.8) is 0 Å². The molecule has 142 valence electrons. The first-order chi connectivity index (χ1) is 13.2. The fourth-order valence-electron chi connectivity index (χ4n) is 3.69. The summed E-state index contributed by atoms with van der Waals surface area (Å²) in [5, 5.41) is 3.11. The first-order valence-electron chi connectivity index (χ1n) is 9.67. The standard InChI is InChI=1S/C22H25NO4/c1-2-25-22(24)14-18-15-27-21-13-16-5-6-19(11-17(16)12-20(18)21)26-10-9-23-7-3-4-8-23/h5-6,11-13,15H,2-4,7-10,14H2,1H3. The van der Waals surface area contributed by atoms with E-state index in [9.17, 15) is 4.79 Å². The quantitative estimate of drug-likeness (QED) is 0.587. The maximum atomic E-state index is 11.8. The third kappa shape index (κ3) is 4.08. The molecule has 0 atom stereocenters. The van der Waals surface area contributed by atoms with Crippen LogP contribution < -0.4 is 4.74 Å². The van der Waals surface area contributed by atoms with Crippen molar-refractivity contribution in [1.82, 2.24) is 4.90 Å². The van der Waals surface area contributed by atoms with Crippen molar-refractivity contribution in [3.8, 4) is 5.75 Å². The molecule has 0 N–H and O–H groups in total. The normalized spacial score (nSPS) is 14.9. The average molecular weight is 367 g/mol. The van der Waals surface area contributed by atoms with Crippen molar-refractivity contribution in [2.24, 2.45) is 0 Å². The number of likely N-dealkylation sites (tertiary alicyclic amines) is 1. The lowest BCUT2D eigenvalue weighted by Crippen LogP contribution is -2.25. The molecule has 0 amide bonds. The maximum absolute atomic E-state index is 11.8. The highest BCUT2D eigenvalue weighted by Crippen LogP contribution is 2.29. The van der Waals surface area contributed by atoms with Crippen molar-refractivity contribution in [1.29, 1.82) is 0 Å². The van der Waals surface area contributed by atoms with E-state index >= 15 is 0 Å². The number of fused-ring (bicyclic) bond motifs is 2. The van der Waals surface area contributed by atoms with Crippen LogP contribution in [0.3, 0.4) is 0 Å². The largest absolute Gasteiger partial charge is 0.492 e. The van der Waals surface area contributed by atoms with Crippen LogP contribution in [0.5, 0.6) is 5.75 Å². The van der Waals surface area contributed by atoms with Crippen molar-refractivity contribution in [2.45, 2.75) is 26.2 Å². The fraction of sp³-hybridized carbons (Fsp3) is 0.409. The van der Waals surface area contributed by atoms with Crippen molar-refractivity contribution < 1.29 is 18.7 Å². The highest BCUT2D eigenvalue weighted by atomic mass is 16.5. The molecule has 1 saturated heterocycles. The molecular weight excluding hydrogens is 342 g/mol. The van der Waals surface area contributed by atoms with Crippen LogP contribution in [0.15, 0.2) is 41.0 Å². The molecule has 1 aliphatic heterocycles. The molecule has 2 aromatic carbocycles. The number of esters is 1. The summed E-state index contributed by atoms with van der Waals surface area (Å²) in [4.78, 5) is 14.3. The summed E-state index contributed by atoms with van der Waals surface area (Å²) < 4.78 is 16.7. The summed E-state index contributed by atoms with van der Waals surface area (Å²) in [5.74, 6) is 0.635. The van der Waals surface area contributed by atoms with E-state index in [0.717, 1.165) is 39.6 Å². The lowest BCUT2D eigenvalue weighted by Gasteiger charge is -2.15. The van der Waals surface area contributed by atoms with Crippen molar-refractivity contribution in [3.05, 3.63) is 42.2 Å². The molecule has 1 aromatic heterocycles. The second-order valence-electron chi connectivity index (χ2n) is 7.00. The molecule has 27 heavy (non-hydrogen) atoms. The van der Waals surface area contributed by atoms with Gasteiger partial charge in [0, 0.05) is 17.5 Å². The number of nitrogens with zero attached hydrogens (tertiary/aromatic N) is 1. The minimum absolute atomic E-state index is 0.221. The van der Waals surface area contributed by atoms with E-state index in [0.29, 0.717) is 13.2 Å². The van der Waals surface area contributed by atoms with E-state index < -0.39 is 0 Å². The highest BCUT2D eigenvalue weighted by Gasteiger charge is 2.13. The predicted molar refractivity (Wildman–Crippen MR) is 105 cm³/mol. The lowest BCUT2D eigenvalue weighted by atomic mass is 10.0. The van der Waals surface area contributed by atoms with Crippen LogP contribution in [0.25, 0.3) is 21.7 Å². The number of carbonyl (C=O) groups is 1. The summed E-state index contributed by atoms with van der Waals surface area (Å²) >= 11 is 0. The molecule has 1 aliphatic rings. The Labute approximate surface area is 158 Å². The summed E-state index contributed by atoms with van der Waals surface area (Å²) in [5.41, 5.74) is 1.63. The van der Waals surface area contributed by atoms with Crippen LogP contribution in [-0.4, -0.2) is 43.7 Å². The molecule has 0 aliphatic carbocycles. The van der Waals surface area contributed by atoms with E-state index in [1.165, 1.54) is 25.9 Å². The van der Waals surface area contributed by atoms with E-state index in [2.05, 4.69) is 17.0 Å². The van der Waals surface area contributed by atoms with E-state index in [-0.39, 0.29) is 12.4 Å². The minimum Gasteiger partial charge on any atom is -0.492 e. The second-order valence-corrected chi connectivity index (χ2v) is 7.00. The van der Waals surface area contributed by atoms with Crippen LogP contribution in [0.1, 0.15) is 25.3 Å². The van der Waals surface area contributed by atoms with Gasteiger partial charge in [-0.15, -0.1) is 0 Å². The van der Waals surface area contributed by atoms with Crippen LogP contribution in [0.4, 0.5) is 0 Å². The SMILES string of the molecule is CCOC(=O)Cc1coc2cc3ccc(OCCN4CCCC4)cc3cc12. The molecule has 5 nitrogen and oxygen atoms in total. The Morgan fingerprint density at radius 2 is 2.00 bits per heavy atom. The predicted octanol–water partition coefficient (Wildman–Crippen LogP) is 4.17. The molecule has 5 heteroatoms. The fourth-order valence-corrected chi connectivity index (χ4v) is 3.69. The maximum Gasteiger partial charge on any atom is 0.310 e. The van der Waals surface area contributed by atoms with Gasteiger partial charge in [-0.3, -0.25) is 9.69 Å². The summed E-state index contributed by atoms with van der Waals surface area (Å²) in [6.07, 6.45) is 4.46. The Morgan fingerprint density at radius 3 is 2.81 bits per heavy atom. The van der Waals surface area contributed by atoms with Gasteiger partial charge < -0.3 is 13.9 Å². The topological polar surface area (TPSA) is 51.9 Å². The van der Waals surface area contributed by atoms with Crippen LogP contribution in [-0.2, 0) is 16.0 Å². The zero-order valence-corrected chi connectivity index (χ0v) is 15.7. The molecular formula is C22H25NO4. The first-order valence-corrected chi connectivity index (χ1v) is 9.67. The van der Waals surface area contributed by atoms with Crippen LogP contribution in [0.2, 0.25) is 0 Å². The number of ether oxygens (including phenoxy) is 2. The highest BCUT2D eigenvalue weighted by molar-refractivity contribution is 5.98. The number of rotatable bonds is 7. The monoisotopic (exact) mass is 367 g/mol. The van der Waals surface area contributed by atoms with E-state index in [4.69, 9.17) is 13.9 Å². The summed E-state index contributed by atoms with van der Waals surface area (Å²) in [6, 6.07) is 10.2. The number of furan rings is 1. The smallest absolute Gasteiger partial charge is 0.310 e. The Kier molecular flexibility index (Phi) is 5.30. The van der Waals surface area contributed by atoms with E-state index in [1.54, 1.807) is 6.26 Å². The van der Waals surface area contributed by atoms with Gasteiger partial charge in [0.05, 0.1) is 19.3 Å². The molecule has 0 saturated carbocycles. The lowest BCUT2D eigenvalue weighted by molar-refractivity contribution is -0.142. The molecule has 4 rings (SSSR count). The molecule has 2 heterocycles. The Balaban J connectivity index is 1.52. The molecule has 3 aromatic rings. The molecule has 0 radical (unpaired) electrons. The van der Waals surface area contributed by atoms with Gasteiger partial charge >= 0.3 is 5.97 Å². The van der Waals surface area contributed by atoms with Gasteiger partial charge in [0.25, 0.3) is 0 Å². The van der Waals surface area contributed by atoms with Crippen molar-refractivity contribution >= 4 is 27.7 Å². The zero-order valence-electron chi connectivity index (χ0n) is 15.7.